The molecule has 1 aromatic heterocycles. The molecule has 6 heteroatoms. The second-order valence-corrected chi connectivity index (χ2v) is 5.74. The first-order chi connectivity index (χ1) is 11.1. The van der Waals surface area contributed by atoms with Crippen LogP contribution in [0.15, 0.2) is 30.3 Å². The maximum Gasteiger partial charge on any atom is 0.320 e. The Hall–Kier alpha value is -2.47. The number of fused-ring (bicyclic) bond motifs is 1. The van der Waals surface area contributed by atoms with E-state index < -0.39 is 0 Å². The van der Waals surface area contributed by atoms with E-state index in [1.807, 2.05) is 26.0 Å². The number of carbonyl (C=O) groups is 1. The maximum atomic E-state index is 12.0. The summed E-state index contributed by atoms with van der Waals surface area (Å²) in [4.78, 5) is 12.0. The third-order valence-electron chi connectivity index (χ3n) is 4.00. The van der Waals surface area contributed by atoms with Crippen LogP contribution in [0.2, 0.25) is 0 Å². The van der Waals surface area contributed by atoms with Gasteiger partial charge in [-0.05, 0) is 36.6 Å². The van der Waals surface area contributed by atoms with Gasteiger partial charge in [-0.25, -0.2) is 4.79 Å². The standard InChI is InChI=1S/C17H20N4O2/c1-11-7-16(21-20-12(11)2)19-17(22)18-9-15-8-13-5-3-4-6-14(13)10-23-15/h3-7,15H,8-10H2,1-2H3,(H2,18,19,21,22)/t15-/m0/s1. The number of aromatic nitrogens is 2. The molecule has 0 fully saturated rings. The second kappa shape index (κ2) is 6.75. The van der Waals surface area contributed by atoms with E-state index in [1.54, 1.807) is 6.07 Å². The van der Waals surface area contributed by atoms with Crippen LogP contribution in [0.25, 0.3) is 0 Å². The maximum absolute atomic E-state index is 12.0. The summed E-state index contributed by atoms with van der Waals surface area (Å²) >= 11 is 0. The quantitative estimate of drug-likeness (QED) is 0.912. The highest BCUT2D eigenvalue weighted by molar-refractivity contribution is 5.88. The largest absolute Gasteiger partial charge is 0.371 e. The molecule has 2 N–H and O–H groups in total. The lowest BCUT2D eigenvalue weighted by atomic mass is 9.99. The Kier molecular flexibility index (Phi) is 4.52. The molecule has 2 amide bonds. The van der Waals surface area contributed by atoms with Crippen LogP contribution in [-0.4, -0.2) is 28.9 Å². The molecular formula is C17H20N4O2. The number of benzene rings is 1. The second-order valence-electron chi connectivity index (χ2n) is 5.74. The van der Waals surface area contributed by atoms with Gasteiger partial charge in [-0.1, -0.05) is 24.3 Å². The molecule has 3 rings (SSSR count). The van der Waals surface area contributed by atoms with Gasteiger partial charge in [-0.2, -0.15) is 5.10 Å². The van der Waals surface area contributed by atoms with Crippen molar-refractivity contribution in [3.63, 3.8) is 0 Å². The van der Waals surface area contributed by atoms with Crippen molar-refractivity contribution in [3.05, 3.63) is 52.7 Å². The van der Waals surface area contributed by atoms with Crippen LogP contribution in [0, 0.1) is 13.8 Å². The highest BCUT2D eigenvalue weighted by Crippen LogP contribution is 2.19. The molecule has 0 saturated carbocycles. The van der Waals surface area contributed by atoms with E-state index in [0.29, 0.717) is 19.0 Å². The number of anilines is 1. The molecule has 2 aromatic rings. The van der Waals surface area contributed by atoms with Crippen molar-refractivity contribution in [3.8, 4) is 0 Å². The van der Waals surface area contributed by atoms with Crippen molar-refractivity contribution in [2.45, 2.75) is 33.0 Å². The van der Waals surface area contributed by atoms with Gasteiger partial charge in [0.25, 0.3) is 0 Å². The predicted octanol–water partition coefficient (Wildman–Crippen LogP) is 2.36. The smallest absolute Gasteiger partial charge is 0.320 e. The van der Waals surface area contributed by atoms with Gasteiger partial charge in [-0.15, -0.1) is 5.10 Å². The number of amides is 2. The van der Waals surface area contributed by atoms with Gasteiger partial charge in [-0.3, -0.25) is 5.32 Å². The van der Waals surface area contributed by atoms with Gasteiger partial charge in [0.1, 0.15) is 0 Å². The van der Waals surface area contributed by atoms with E-state index in [9.17, 15) is 4.79 Å². The first kappa shape index (κ1) is 15.4. The Labute approximate surface area is 135 Å². The molecule has 1 aromatic carbocycles. The van der Waals surface area contributed by atoms with E-state index in [1.165, 1.54) is 11.1 Å². The summed E-state index contributed by atoms with van der Waals surface area (Å²) in [5.41, 5.74) is 4.34. The number of hydrogen-bond acceptors (Lipinski definition) is 4. The van der Waals surface area contributed by atoms with Crippen LogP contribution in [0.5, 0.6) is 0 Å². The molecule has 6 nitrogen and oxygen atoms in total. The van der Waals surface area contributed by atoms with Crippen LogP contribution >= 0.6 is 0 Å². The molecule has 0 bridgehead atoms. The monoisotopic (exact) mass is 312 g/mol. The number of aryl methyl sites for hydroxylation is 2. The SMILES string of the molecule is Cc1cc(NC(=O)NC[C@@H]2Cc3ccccc3CO2)nnc1C. The molecule has 120 valence electrons. The summed E-state index contributed by atoms with van der Waals surface area (Å²) in [6.45, 7) is 4.86. The summed E-state index contributed by atoms with van der Waals surface area (Å²) in [6, 6.07) is 9.72. The van der Waals surface area contributed by atoms with Crippen LogP contribution in [0.1, 0.15) is 22.4 Å². The first-order valence-corrected chi connectivity index (χ1v) is 7.66. The number of nitrogens with one attached hydrogen (secondary N) is 2. The fourth-order valence-corrected chi connectivity index (χ4v) is 2.51. The molecule has 1 atom stereocenters. The third-order valence-corrected chi connectivity index (χ3v) is 4.00. The summed E-state index contributed by atoms with van der Waals surface area (Å²) in [7, 11) is 0. The molecule has 0 aliphatic carbocycles. The Bertz CT molecular complexity index is 717. The van der Waals surface area contributed by atoms with Crippen molar-refractivity contribution >= 4 is 11.8 Å². The van der Waals surface area contributed by atoms with Crippen molar-refractivity contribution in [2.24, 2.45) is 0 Å². The molecule has 0 saturated heterocycles. The molecule has 2 heterocycles. The highest BCUT2D eigenvalue weighted by Gasteiger charge is 2.19. The minimum absolute atomic E-state index is 0.0125. The average Bonchev–Trinajstić information content (AvgIpc) is 2.56. The zero-order valence-corrected chi connectivity index (χ0v) is 13.3. The molecule has 0 radical (unpaired) electrons. The predicted molar refractivity (Wildman–Crippen MR) is 87.3 cm³/mol. The van der Waals surface area contributed by atoms with E-state index >= 15 is 0 Å². The minimum Gasteiger partial charge on any atom is -0.371 e. The molecule has 23 heavy (non-hydrogen) atoms. The highest BCUT2D eigenvalue weighted by atomic mass is 16.5. The number of ether oxygens (including phenoxy) is 1. The zero-order valence-electron chi connectivity index (χ0n) is 13.3. The summed E-state index contributed by atoms with van der Waals surface area (Å²) < 4.78 is 5.77. The average molecular weight is 312 g/mol. The van der Waals surface area contributed by atoms with Crippen LogP contribution in [0.3, 0.4) is 0 Å². The number of hydrogen-bond donors (Lipinski definition) is 2. The number of carbonyl (C=O) groups excluding carboxylic acids is 1. The van der Waals surface area contributed by atoms with Crippen molar-refractivity contribution in [2.75, 3.05) is 11.9 Å². The summed E-state index contributed by atoms with van der Waals surface area (Å²) in [6.07, 6.45) is 0.793. The topological polar surface area (TPSA) is 76.1 Å². The minimum atomic E-state index is -0.301. The molecule has 1 aliphatic heterocycles. The van der Waals surface area contributed by atoms with E-state index in [2.05, 4.69) is 33.0 Å². The van der Waals surface area contributed by atoms with E-state index in [-0.39, 0.29) is 12.1 Å². The van der Waals surface area contributed by atoms with Gasteiger partial charge < -0.3 is 10.1 Å². The van der Waals surface area contributed by atoms with Gasteiger partial charge in [0.2, 0.25) is 0 Å². The molecule has 0 unspecified atom stereocenters. The van der Waals surface area contributed by atoms with Crippen molar-refractivity contribution < 1.29 is 9.53 Å². The molecule has 1 aliphatic rings. The van der Waals surface area contributed by atoms with Gasteiger partial charge >= 0.3 is 6.03 Å². The van der Waals surface area contributed by atoms with E-state index in [4.69, 9.17) is 4.74 Å². The normalized spacial score (nSPS) is 16.5. The lowest BCUT2D eigenvalue weighted by Gasteiger charge is -2.25. The van der Waals surface area contributed by atoms with Gasteiger partial charge in [0, 0.05) is 13.0 Å². The van der Waals surface area contributed by atoms with Gasteiger partial charge in [0.05, 0.1) is 18.4 Å². The van der Waals surface area contributed by atoms with Crippen LogP contribution in [0.4, 0.5) is 10.6 Å². The van der Waals surface area contributed by atoms with Gasteiger partial charge in [0.15, 0.2) is 5.82 Å². The lowest BCUT2D eigenvalue weighted by Crippen LogP contribution is -2.39. The van der Waals surface area contributed by atoms with Crippen LogP contribution in [-0.2, 0) is 17.8 Å². The Morgan fingerprint density at radius 2 is 2.04 bits per heavy atom. The van der Waals surface area contributed by atoms with Crippen molar-refractivity contribution in [1.82, 2.24) is 15.5 Å². The molecule has 0 spiro atoms. The number of rotatable bonds is 3. The number of urea groups is 1. The fraction of sp³-hybridized carbons (Fsp3) is 0.353. The Balaban J connectivity index is 1.51. The fourth-order valence-electron chi connectivity index (χ4n) is 2.51. The first-order valence-electron chi connectivity index (χ1n) is 7.66. The van der Waals surface area contributed by atoms with E-state index in [0.717, 1.165) is 17.7 Å². The zero-order chi connectivity index (χ0) is 16.2. The molecular weight excluding hydrogens is 292 g/mol. The Morgan fingerprint density at radius 1 is 1.26 bits per heavy atom. The van der Waals surface area contributed by atoms with Crippen LogP contribution < -0.4 is 10.6 Å². The number of nitrogens with zero attached hydrogens (tertiary/aromatic N) is 2. The lowest BCUT2D eigenvalue weighted by molar-refractivity contribution is 0.0308. The van der Waals surface area contributed by atoms with Crippen molar-refractivity contribution in [1.29, 1.82) is 0 Å². The summed E-state index contributed by atoms with van der Waals surface area (Å²) in [5, 5.41) is 13.5. The Morgan fingerprint density at radius 3 is 2.83 bits per heavy atom. The third kappa shape index (κ3) is 3.84. The summed E-state index contributed by atoms with van der Waals surface area (Å²) in [5.74, 6) is 0.445.